The van der Waals surface area contributed by atoms with Crippen LogP contribution < -0.4 is 15.6 Å². The Labute approximate surface area is 199 Å². The first kappa shape index (κ1) is 23.2. The van der Waals surface area contributed by atoms with E-state index in [0.29, 0.717) is 34.0 Å². The number of rotatable bonds is 7. The quantitative estimate of drug-likeness (QED) is 0.391. The number of aromatic nitrogens is 2. The van der Waals surface area contributed by atoms with Crippen LogP contribution in [0.2, 0.25) is 0 Å². The van der Waals surface area contributed by atoms with Crippen molar-refractivity contribution in [2.24, 2.45) is 0 Å². The Hall–Kier alpha value is -3.98. The summed E-state index contributed by atoms with van der Waals surface area (Å²) in [6.07, 6.45) is 0. The molecule has 0 unspecified atom stereocenters. The topological polar surface area (TPSA) is 99.5 Å². The van der Waals surface area contributed by atoms with Crippen LogP contribution in [0, 0.1) is 6.92 Å². The first-order valence-corrected chi connectivity index (χ1v) is 11.6. The SMILES string of the molecule is CCOC(=O)c1nn(-c2ccc(C)cc2)c(=O)c2c(NC(=O)c3ccccc3OCC)scc12. The molecule has 0 saturated heterocycles. The molecule has 0 atom stereocenters. The van der Waals surface area contributed by atoms with E-state index in [2.05, 4.69) is 10.4 Å². The summed E-state index contributed by atoms with van der Waals surface area (Å²) in [7, 11) is 0. The highest BCUT2D eigenvalue weighted by molar-refractivity contribution is 7.16. The average Bonchev–Trinajstić information content (AvgIpc) is 3.25. The van der Waals surface area contributed by atoms with Crippen LogP contribution >= 0.6 is 11.3 Å². The van der Waals surface area contributed by atoms with Gasteiger partial charge in [-0.3, -0.25) is 9.59 Å². The van der Waals surface area contributed by atoms with Crippen molar-refractivity contribution < 1.29 is 19.1 Å². The lowest BCUT2D eigenvalue weighted by Crippen LogP contribution is -2.25. The maximum Gasteiger partial charge on any atom is 0.359 e. The van der Waals surface area contributed by atoms with Crippen LogP contribution in [0.5, 0.6) is 5.75 Å². The number of amides is 1. The highest BCUT2D eigenvalue weighted by Gasteiger charge is 2.24. The molecule has 1 amide bonds. The van der Waals surface area contributed by atoms with Crippen LogP contribution in [0.25, 0.3) is 16.5 Å². The number of nitrogens with one attached hydrogen (secondary N) is 1. The number of carbonyl (C=O) groups is 2. The van der Waals surface area contributed by atoms with Gasteiger partial charge >= 0.3 is 5.97 Å². The molecule has 8 nitrogen and oxygen atoms in total. The Morgan fingerprint density at radius 2 is 1.79 bits per heavy atom. The summed E-state index contributed by atoms with van der Waals surface area (Å²) < 4.78 is 11.9. The number of benzene rings is 2. The Morgan fingerprint density at radius 3 is 2.50 bits per heavy atom. The minimum absolute atomic E-state index is 0.00323. The van der Waals surface area contributed by atoms with Gasteiger partial charge in [-0.05, 0) is 45.0 Å². The predicted octanol–water partition coefficient (Wildman–Crippen LogP) is 4.58. The van der Waals surface area contributed by atoms with Crippen LogP contribution in [0.1, 0.15) is 40.3 Å². The normalized spacial score (nSPS) is 10.8. The van der Waals surface area contributed by atoms with Crippen LogP contribution in [0.15, 0.2) is 58.7 Å². The van der Waals surface area contributed by atoms with E-state index in [1.807, 2.05) is 26.0 Å². The second-order valence-electron chi connectivity index (χ2n) is 7.36. The second-order valence-corrected chi connectivity index (χ2v) is 8.24. The fourth-order valence-electron chi connectivity index (χ4n) is 3.46. The largest absolute Gasteiger partial charge is 0.493 e. The van der Waals surface area contributed by atoms with Gasteiger partial charge < -0.3 is 14.8 Å². The van der Waals surface area contributed by atoms with Gasteiger partial charge in [-0.15, -0.1) is 11.3 Å². The number of thiophene rings is 1. The number of hydrogen-bond donors (Lipinski definition) is 1. The molecule has 4 aromatic rings. The molecule has 174 valence electrons. The molecule has 34 heavy (non-hydrogen) atoms. The van der Waals surface area contributed by atoms with Crippen LogP contribution in [0.3, 0.4) is 0 Å². The Balaban J connectivity index is 1.86. The van der Waals surface area contributed by atoms with Crippen molar-refractivity contribution in [2.75, 3.05) is 18.5 Å². The third-order valence-electron chi connectivity index (χ3n) is 5.06. The zero-order valence-corrected chi connectivity index (χ0v) is 19.8. The summed E-state index contributed by atoms with van der Waals surface area (Å²) in [6.45, 7) is 6.02. The molecule has 2 aromatic heterocycles. The minimum Gasteiger partial charge on any atom is -0.493 e. The number of nitrogens with zero attached hydrogens (tertiary/aromatic N) is 2. The number of fused-ring (bicyclic) bond motifs is 1. The highest BCUT2D eigenvalue weighted by Crippen LogP contribution is 2.32. The predicted molar refractivity (Wildman–Crippen MR) is 131 cm³/mol. The maximum absolute atomic E-state index is 13.5. The van der Waals surface area contributed by atoms with E-state index < -0.39 is 17.4 Å². The average molecular weight is 478 g/mol. The van der Waals surface area contributed by atoms with Crippen molar-refractivity contribution >= 4 is 39.0 Å². The van der Waals surface area contributed by atoms with Gasteiger partial charge in [0.05, 0.1) is 29.9 Å². The molecule has 0 fully saturated rings. The van der Waals surface area contributed by atoms with Gasteiger partial charge in [0, 0.05) is 10.8 Å². The molecule has 4 rings (SSSR count). The van der Waals surface area contributed by atoms with Gasteiger partial charge in [-0.25, -0.2) is 4.79 Å². The lowest BCUT2D eigenvalue weighted by molar-refractivity contribution is 0.0520. The zero-order valence-electron chi connectivity index (χ0n) is 19.0. The summed E-state index contributed by atoms with van der Waals surface area (Å²) >= 11 is 1.14. The Morgan fingerprint density at radius 1 is 1.06 bits per heavy atom. The van der Waals surface area contributed by atoms with E-state index in [1.54, 1.807) is 48.7 Å². The second kappa shape index (κ2) is 9.88. The molecular weight excluding hydrogens is 454 g/mol. The fraction of sp³-hybridized carbons (Fsp3) is 0.200. The van der Waals surface area contributed by atoms with E-state index in [4.69, 9.17) is 9.47 Å². The molecule has 2 aromatic carbocycles. The van der Waals surface area contributed by atoms with Crippen molar-refractivity contribution in [1.29, 1.82) is 0 Å². The van der Waals surface area contributed by atoms with Gasteiger partial charge in [0.25, 0.3) is 11.5 Å². The van der Waals surface area contributed by atoms with Crippen LogP contribution in [-0.4, -0.2) is 34.9 Å². The van der Waals surface area contributed by atoms with Gasteiger partial charge in [-0.2, -0.15) is 9.78 Å². The summed E-state index contributed by atoms with van der Waals surface area (Å²) in [6, 6.07) is 14.0. The lowest BCUT2D eigenvalue weighted by Gasteiger charge is -2.11. The number of hydrogen-bond acceptors (Lipinski definition) is 7. The minimum atomic E-state index is -0.647. The molecule has 0 aliphatic heterocycles. The van der Waals surface area contributed by atoms with Gasteiger partial charge in [0.1, 0.15) is 10.8 Å². The van der Waals surface area contributed by atoms with E-state index in [9.17, 15) is 14.4 Å². The molecule has 0 spiro atoms. The molecule has 9 heteroatoms. The first-order valence-electron chi connectivity index (χ1n) is 10.8. The number of para-hydroxylation sites is 1. The van der Waals surface area contributed by atoms with E-state index in [1.165, 1.54) is 0 Å². The number of esters is 1. The lowest BCUT2D eigenvalue weighted by atomic mass is 10.1. The van der Waals surface area contributed by atoms with Crippen molar-refractivity contribution in [1.82, 2.24) is 9.78 Å². The number of anilines is 1. The molecule has 0 radical (unpaired) electrons. The maximum atomic E-state index is 13.5. The Kier molecular flexibility index (Phi) is 6.74. The fourth-order valence-corrected chi connectivity index (χ4v) is 4.39. The van der Waals surface area contributed by atoms with E-state index in [0.717, 1.165) is 21.6 Å². The molecular formula is C25H23N3O5S. The van der Waals surface area contributed by atoms with Crippen LogP contribution in [-0.2, 0) is 4.74 Å². The van der Waals surface area contributed by atoms with Crippen molar-refractivity contribution in [3.63, 3.8) is 0 Å². The smallest absolute Gasteiger partial charge is 0.359 e. The monoisotopic (exact) mass is 477 g/mol. The van der Waals surface area contributed by atoms with Crippen molar-refractivity contribution in [3.8, 4) is 11.4 Å². The summed E-state index contributed by atoms with van der Waals surface area (Å²) in [5.74, 6) is -0.636. The summed E-state index contributed by atoms with van der Waals surface area (Å²) in [4.78, 5) is 39.2. The molecule has 0 aliphatic carbocycles. The first-order chi connectivity index (χ1) is 16.4. The third kappa shape index (κ3) is 4.42. The Bertz CT molecular complexity index is 1420. The van der Waals surface area contributed by atoms with Crippen molar-refractivity contribution in [3.05, 3.63) is 81.1 Å². The van der Waals surface area contributed by atoms with E-state index >= 15 is 0 Å². The molecule has 2 heterocycles. The molecule has 0 bridgehead atoms. The number of ether oxygens (including phenoxy) is 2. The van der Waals surface area contributed by atoms with Gasteiger partial charge in [-0.1, -0.05) is 29.8 Å². The molecule has 0 aliphatic rings. The highest BCUT2D eigenvalue weighted by atomic mass is 32.1. The molecule has 0 saturated carbocycles. The zero-order chi connectivity index (χ0) is 24.2. The standard InChI is InChI=1S/C25H23N3O5S/c1-4-32-19-9-7-6-8-17(19)22(29)26-23-20-18(14-34-23)21(25(31)33-5-2)27-28(24(20)30)16-12-10-15(3)11-13-16/h6-14H,4-5H2,1-3H3,(H,26,29). The molecule has 1 N–H and O–H groups in total. The van der Waals surface area contributed by atoms with Gasteiger partial charge in [0.2, 0.25) is 0 Å². The van der Waals surface area contributed by atoms with Crippen LogP contribution in [0.4, 0.5) is 5.00 Å². The number of carbonyl (C=O) groups excluding carboxylic acids is 2. The van der Waals surface area contributed by atoms with Gasteiger partial charge in [0.15, 0.2) is 5.69 Å². The summed E-state index contributed by atoms with van der Waals surface area (Å²) in [5, 5.41) is 9.57. The third-order valence-corrected chi connectivity index (χ3v) is 5.95. The number of aryl methyl sites for hydroxylation is 1. The summed E-state index contributed by atoms with van der Waals surface area (Å²) in [5.41, 5.74) is 1.39. The van der Waals surface area contributed by atoms with Crippen molar-refractivity contribution in [2.45, 2.75) is 20.8 Å². The van der Waals surface area contributed by atoms with E-state index in [-0.39, 0.29) is 17.7 Å².